The summed E-state index contributed by atoms with van der Waals surface area (Å²) in [5.41, 5.74) is 1.94. The van der Waals surface area contributed by atoms with Crippen molar-refractivity contribution in [2.45, 2.75) is 56.8 Å². The Hall–Kier alpha value is -2.30. The van der Waals surface area contributed by atoms with Crippen LogP contribution in [0.4, 0.5) is 4.39 Å². The van der Waals surface area contributed by atoms with Crippen LogP contribution in [-0.4, -0.2) is 21.0 Å². The molecular weight excluding hydrogens is 319 g/mol. The van der Waals surface area contributed by atoms with Gasteiger partial charge >= 0.3 is 5.97 Å². The zero-order valence-electron chi connectivity index (χ0n) is 14.3. The van der Waals surface area contributed by atoms with Crippen LogP contribution in [0.3, 0.4) is 0 Å². The maximum atomic E-state index is 14.1. The van der Waals surface area contributed by atoms with Crippen molar-refractivity contribution in [1.29, 1.82) is 0 Å². The van der Waals surface area contributed by atoms with Crippen LogP contribution >= 0.6 is 0 Å². The van der Waals surface area contributed by atoms with Crippen LogP contribution in [0.25, 0.3) is 0 Å². The number of carboxylic acids is 1. The average Bonchev–Trinajstić information content (AvgIpc) is 3.43. The van der Waals surface area contributed by atoms with Crippen LogP contribution in [-0.2, 0) is 23.1 Å². The Morgan fingerprint density at radius 1 is 1.28 bits per heavy atom. The third kappa shape index (κ3) is 2.71. The summed E-state index contributed by atoms with van der Waals surface area (Å²) in [6, 6.07) is 4.74. The van der Waals surface area contributed by atoms with Crippen molar-refractivity contribution >= 4 is 5.97 Å². The first-order valence-electron chi connectivity index (χ1n) is 8.85. The Kier molecular flexibility index (Phi) is 3.82. The summed E-state index contributed by atoms with van der Waals surface area (Å²) in [6.45, 7) is 1.67. The van der Waals surface area contributed by atoms with Gasteiger partial charge in [-0.05, 0) is 68.2 Å². The predicted molar refractivity (Wildman–Crippen MR) is 91.1 cm³/mol. The smallest absolute Gasteiger partial charge is 0.314 e. The highest BCUT2D eigenvalue weighted by Gasteiger charge is 2.43. The van der Waals surface area contributed by atoms with Crippen LogP contribution in [0, 0.1) is 12.7 Å². The third-order valence-electron chi connectivity index (χ3n) is 5.72. The SMILES string of the molecule is Cc1c(F)cccc1C1(C(=O)O)CCc2cnc(C3CC3)nc2CC1. The highest BCUT2D eigenvalue weighted by molar-refractivity contribution is 5.82. The molecule has 1 N–H and O–H groups in total. The standard InChI is InChI=1S/C20H21FN2O2/c1-12-15(3-2-4-16(12)21)20(19(24)25)9-7-14-11-22-18(13-5-6-13)23-17(14)8-10-20/h2-4,11,13H,5-10H2,1H3,(H,24,25). The van der Waals surface area contributed by atoms with Gasteiger partial charge in [0.2, 0.25) is 0 Å². The highest BCUT2D eigenvalue weighted by Crippen LogP contribution is 2.41. The summed E-state index contributed by atoms with van der Waals surface area (Å²) in [4.78, 5) is 21.5. The molecule has 5 heteroatoms. The van der Waals surface area contributed by atoms with Gasteiger partial charge in [0.05, 0.1) is 5.41 Å². The topological polar surface area (TPSA) is 63.1 Å². The monoisotopic (exact) mass is 340 g/mol. The van der Waals surface area contributed by atoms with Crippen LogP contribution in [0.5, 0.6) is 0 Å². The number of carbonyl (C=O) groups is 1. The lowest BCUT2D eigenvalue weighted by atomic mass is 9.72. The minimum absolute atomic E-state index is 0.351. The van der Waals surface area contributed by atoms with E-state index in [9.17, 15) is 14.3 Å². The predicted octanol–water partition coefficient (Wildman–Crippen LogP) is 3.70. The molecule has 1 saturated carbocycles. The zero-order chi connectivity index (χ0) is 17.6. The Balaban J connectivity index is 1.73. The number of rotatable bonds is 3. The number of aromatic nitrogens is 2. The highest BCUT2D eigenvalue weighted by atomic mass is 19.1. The number of nitrogens with zero attached hydrogens (tertiary/aromatic N) is 2. The van der Waals surface area contributed by atoms with E-state index in [1.54, 1.807) is 19.1 Å². The van der Waals surface area contributed by atoms with Crippen molar-refractivity contribution in [3.05, 3.63) is 58.4 Å². The lowest BCUT2D eigenvalue weighted by Gasteiger charge is -2.30. The van der Waals surface area contributed by atoms with Crippen LogP contribution in [0.2, 0.25) is 0 Å². The molecule has 0 spiro atoms. The normalized spacial score (nSPS) is 23.0. The second-order valence-corrected chi connectivity index (χ2v) is 7.27. The minimum atomic E-state index is -1.08. The van der Waals surface area contributed by atoms with E-state index in [0.717, 1.165) is 29.9 Å². The summed E-state index contributed by atoms with van der Waals surface area (Å²) in [6.07, 6.45) is 6.20. The Morgan fingerprint density at radius 3 is 2.76 bits per heavy atom. The maximum absolute atomic E-state index is 14.1. The molecular formula is C20H21FN2O2. The molecule has 0 bridgehead atoms. The summed E-state index contributed by atoms with van der Waals surface area (Å²) in [5.74, 6) is 0.131. The van der Waals surface area contributed by atoms with Gasteiger partial charge in [-0.1, -0.05) is 12.1 Å². The number of hydrogen-bond acceptors (Lipinski definition) is 3. The number of benzene rings is 1. The summed E-state index contributed by atoms with van der Waals surface area (Å²) in [5, 5.41) is 10.1. The van der Waals surface area contributed by atoms with E-state index >= 15 is 0 Å². The van der Waals surface area contributed by atoms with Gasteiger partial charge in [0.25, 0.3) is 0 Å². The molecule has 1 fully saturated rings. The lowest BCUT2D eigenvalue weighted by molar-refractivity contribution is -0.144. The number of fused-ring (bicyclic) bond motifs is 1. The molecule has 4 nitrogen and oxygen atoms in total. The van der Waals surface area contributed by atoms with E-state index in [0.29, 0.717) is 42.7 Å². The second kappa shape index (κ2) is 5.90. The van der Waals surface area contributed by atoms with E-state index in [-0.39, 0.29) is 5.82 Å². The molecule has 0 amide bonds. The Bertz CT molecular complexity index is 848. The third-order valence-corrected chi connectivity index (χ3v) is 5.72. The quantitative estimate of drug-likeness (QED) is 0.865. The maximum Gasteiger partial charge on any atom is 0.314 e. The van der Waals surface area contributed by atoms with Gasteiger partial charge in [0, 0.05) is 17.8 Å². The van der Waals surface area contributed by atoms with Gasteiger partial charge in [-0.25, -0.2) is 14.4 Å². The van der Waals surface area contributed by atoms with Gasteiger partial charge in [0.1, 0.15) is 11.6 Å². The Labute approximate surface area is 146 Å². The molecule has 1 heterocycles. The molecule has 25 heavy (non-hydrogen) atoms. The summed E-state index contributed by atoms with van der Waals surface area (Å²) in [7, 11) is 0. The molecule has 1 unspecified atom stereocenters. The van der Waals surface area contributed by atoms with Crippen molar-refractivity contribution in [3.8, 4) is 0 Å². The lowest BCUT2D eigenvalue weighted by Crippen LogP contribution is -2.37. The van der Waals surface area contributed by atoms with E-state index < -0.39 is 11.4 Å². The first-order chi connectivity index (χ1) is 12.0. The summed E-state index contributed by atoms with van der Waals surface area (Å²) >= 11 is 0. The molecule has 1 aromatic carbocycles. The van der Waals surface area contributed by atoms with Gasteiger partial charge in [0.15, 0.2) is 0 Å². The molecule has 0 radical (unpaired) electrons. The molecule has 2 aromatic rings. The average molecular weight is 340 g/mol. The summed E-state index contributed by atoms with van der Waals surface area (Å²) < 4.78 is 14.1. The first kappa shape index (κ1) is 16.2. The fourth-order valence-corrected chi connectivity index (χ4v) is 3.95. The van der Waals surface area contributed by atoms with E-state index in [4.69, 9.17) is 4.98 Å². The molecule has 4 rings (SSSR count). The molecule has 2 aliphatic rings. The van der Waals surface area contributed by atoms with Gasteiger partial charge in [-0.3, -0.25) is 4.79 Å². The van der Waals surface area contributed by atoms with E-state index in [2.05, 4.69) is 4.98 Å². The fourth-order valence-electron chi connectivity index (χ4n) is 3.95. The number of aryl methyl sites for hydroxylation is 2. The molecule has 130 valence electrons. The van der Waals surface area contributed by atoms with Crippen molar-refractivity contribution in [2.24, 2.45) is 0 Å². The zero-order valence-corrected chi connectivity index (χ0v) is 14.3. The molecule has 2 aliphatic carbocycles. The van der Waals surface area contributed by atoms with Gasteiger partial charge < -0.3 is 5.11 Å². The number of aliphatic carboxylic acids is 1. The van der Waals surface area contributed by atoms with Crippen LogP contribution in [0.15, 0.2) is 24.4 Å². The number of halogens is 1. The van der Waals surface area contributed by atoms with Gasteiger partial charge in [-0.15, -0.1) is 0 Å². The molecule has 1 aromatic heterocycles. The van der Waals surface area contributed by atoms with Crippen molar-refractivity contribution < 1.29 is 14.3 Å². The van der Waals surface area contributed by atoms with Crippen molar-refractivity contribution in [2.75, 3.05) is 0 Å². The first-order valence-corrected chi connectivity index (χ1v) is 8.85. The van der Waals surface area contributed by atoms with Crippen LogP contribution < -0.4 is 0 Å². The second-order valence-electron chi connectivity index (χ2n) is 7.27. The number of hydrogen-bond donors (Lipinski definition) is 1. The number of carboxylic acid groups (broad SMARTS) is 1. The van der Waals surface area contributed by atoms with Crippen molar-refractivity contribution in [3.63, 3.8) is 0 Å². The van der Waals surface area contributed by atoms with Gasteiger partial charge in [-0.2, -0.15) is 0 Å². The largest absolute Gasteiger partial charge is 0.481 e. The molecule has 0 saturated heterocycles. The van der Waals surface area contributed by atoms with E-state index in [1.807, 2.05) is 6.20 Å². The Morgan fingerprint density at radius 2 is 2.04 bits per heavy atom. The fraction of sp³-hybridized carbons (Fsp3) is 0.450. The van der Waals surface area contributed by atoms with Crippen LogP contribution in [0.1, 0.15) is 59.8 Å². The van der Waals surface area contributed by atoms with Crippen molar-refractivity contribution in [1.82, 2.24) is 9.97 Å². The molecule has 0 aliphatic heterocycles. The van der Waals surface area contributed by atoms with E-state index in [1.165, 1.54) is 6.07 Å². The minimum Gasteiger partial charge on any atom is -0.481 e. The molecule has 1 atom stereocenters.